The van der Waals surface area contributed by atoms with Gasteiger partial charge in [-0.25, -0.2) is 0 Å². The zero-order chi connectivity index (χ0) is 11.2. The highest BCUT2D eigenvalue weighted by Crippen LogP contribution is 2.19. The van der Waals surface area contributed by atoms with E-state index >= 15 is 0 Å². The van der Waals surface area contributed by atoms with Crippen molar-refractivity contribution in [3.63, 3.8) is 0 Å². The summed E-state index contributed by atoms with van der Waals surface area (Å²) in [6.07, 6.45) is 3.86. The molecule has 0 amide bonds. The van der Waals surface area contributed by atoms with Crippen molar-refractivity contribution in [3.05, 3.63) is 30.3 Å². The van der Waals surface area contributed by atoms with Crippen molar-refractivity contribution >= 4 is 0 Å². The zero-order valence-corrected chi connectivity index (χ0v) is 9.99. The van der Waals surface area contributed by atoms with Crippen LogP contribution in [0.5, 0.6) is 5.75 Å². The van der Waals surface area contributed by atoms with Gasteiger partial charge in [-0.2, -0.15) is 0 Å². The van der Waals surface area contributed by atoms with E-state index in [1.807, 2.05) is 30.3 Å². The lowest BCUT2D eigenvalue weighted by Gasteiger charge is -2.12. The van der Waals surface area contributed by atoms with Crippen LogP contribution in [0.2, 0.25) is 0 Å². The third-order valence-electron chi connectivity index (χ3n) is 2.95. The Hall–Kier alpha value is -1.02. The number of benzene rings is 1. The summed E-state index contributed by atoms with van der Waals surface area (Å²) in [5.74, 6) is 1.68. The van der Waals surface area contributed by atoms with Gasteiger partial charge in [0, 0.05) is 6.04 Å². The maximum Gasteiger partial charge on any atom is 0.119 e. The minimum absolute atomic E-state index is 0.698. The molecule has 1 aliphatic carbocycles. The zero-order valence-electron chi connectivity index (χ0n) is 9.99. The molecule has 2 rings (SSSR count). The molecule has 0 saturated heterocycles. The Morgan fingerprint density at radius 3 is 2.75 bits per heavy atom. The van der Waals surface area contributed by atoms with Gasteiger partial charge < -0.3 is 10.1 Å². The Bertz CT molecular complexity index is 295. The molecule has 0 bridgehead atoms. The molecule has 0 spiro atoms. The van der Waals surface area contributed by atoms with Gasteiger partial charge in [-0.1, -0.05) is 25.1 Å². The van der Waals surface area contributed by atoms with Crippen LogP contribution >= 0.6 is 0 Å². The largest absolute Gasteiger partial charge is 0.494 e. The molecule has 0 heterocycles. The van der Waals surface area contributed by atoms with Crippen molar-refractivity contribution in [2.45, 2.75) is 32.2 Å². The Balaban J connectivity index is 1.56. The standard InChI is InChI=1S/C14H21NO/c1-12(11-15-13-7-8-13)9-10-16-14-5-3-2-4-6-14/h2-6,12-13,15H,7-11H2,1H3. The van der Waals surface area contributed by atoms with E-state index in [4.69, 9.17) is 4.74 Å². The van der Waals surface area contributed by atoms with Crippen molar-refractivity contribution in [2.75, 3.05) is 13.2 Å². The first kappa shape index (κ1) is 11.5. The second kappa shape index (κ2) is 5.90. The van der Waals surface area contributed by atoms with E-state index in [1.54, 1.807) is 0 Å². The predicted molar refractivity (Wildman–Crippen MR) is 66.7 cm³/mol. The topological polar surface area (TPSA) is 21.3 Å². The molecule has 1 unspecified atom stereocenters. The molecule has 1 aliphatic rings. The lowest BCUT2D eigenvalue weighted by atomic mass is 10.1. The van der Waals surface area contributed by atoms with E-state index in [9.17, 15) is 0 Å². The second-order valence-electron chi connectivity index (χ2n) is 4.74. The number of nitrogens with one attached hydrogen (secondary N) is 1. The van der Waals surface area contributed by atoms with E-state index < -0.39 is 0 Å². The molecular formula is C14H21NO. The summed E-state index contributed by atoms with van der Waals surface area (Å²) >= 11 is 0. The van der Waals surface area contributed by atoms with Gasteiger partial charge in [0.15, 0.2) is 0 Å². The van der Waals surface area contributed by atoms with Crippen LogP contribution in [0.3, 0.4) is 0 Å². The average Bonchev–Trinajstić information content (AvgIpc) is 3.12. The first-order chi connectivity index (χ1) is 7.84. The maximum absolute atomic E-state index is 5.67. The van der Waals surface area contributed by atoms with Gasteiger partial charge in [-0.15, -0.1) is 0 Å². The van der Waals surface area contributed by atoms with Gasteiger partial charge in [-0.05, 0) is 43.9 Å². The molecule has 1 aromatic carbocycles. The number of hydrogen-bond acceptors (Lipinski definition) is 2. The molecule has 1 aromatic rings. The Morgan fingerprint density at radius 1 is 1.31 bits per heavy atom. The van der Waals surface area contributed by atoms with Crippen molar-refractivity contribution < 1.29 is 4.74 Å². The Morgan fingerprint density at radius 2 is 2.06 bits per heavy atom. The highest BCUT2D eigenvalue weighted by atomic mass is 16.5. The molecule has 2 heteroatoms. The Labute approximate surface area is 98.0 Å². The number of hydrogen-bond donors (Lipinski definition) is 1. The van der Waals surface area contributed by atoms with Gasteiger partial charge in [0.25, 0.3) is 0 Å². The smallest absolute Gasteiger partial charge is 0.119 e. The van der Waals surface area contributed by atoms with Crippen LogP contribution in [0.25, 0.3) is 0 Å². The summed E-state index contributed by atoms with van der Waals surface area (Å²) in [5.41, 5.74) is 0. The van der Waals surface area contributed by atoms with E-state index in [0.717, 1.165) is 31.4 Å². The first-order valence-corrected chi connectivity index (χ1v) is 6.26. The third-order valence-corrected chi connectivity index (χ3v) is 2.95. The molecule has 1 saturated carbocycles. The molecule has 0 aliphatic heterocycles. The summed E-state index contributed by atoms with van der Waals surface area (Å²) in [6.45, 7) is 4.23. The fraction of sp³-hybridized carbons (Fsp3) is 0.571. The normalized spacial score (nSPS) is 17.1. The Kier molecular flexibility index (Phi) is 4.23. The molecule has 16 heavy (non-hydrogen) atoms. The highest BCUT2D eigenvalue weighted by Gasteiger charge is 2.20. The van der Waals surface area contributed by atoms with Gasteiger partial charge >= 0.3 is 0 Å². The van der Waals surface area contributed by atoms with E-state index in [0.29, 0.717) is 5.92 Å². The van der Waals surface area contributed by atoms with Crippen molar-refractivity contribution in [1.29, 1.82) is 0 Å². The molecule has 0 radical (unpaired) electrons. The van der Waals surface area contributed by atoms with Crippen LogP contribution in [0.4, 0.5) is 0 Å². The lowest BCUT2D eigenvalue weighted by Crippen LogP contribution is -2.24. The van der Waals surface area contributed by atoms with Crippen LogP contribution in [0.15, 0.2) is 30.3 Å². The third kappa shape index (κ3) is 4.23. The molecule has 0 aromatic heterocycles. The van der Waals surface area contributed by atoms with Crippen LogP contribution in [0.1, 0.15) is 26.2 Å². The van der Waals surface area contributed by atoms with Crippen LogP contribution < -0.4 is 10.1 Å². The summed E-state index contributed by atoms with van der Waals surface area (Å²) in [5, 5.41) is 3.55. The monoisotopic (exact) mass is 219 g/mol. The highest BCUT2D eigenvalue weighted by molar-refractivity contribution is 5.20. The number of para-hydroxylation sites is 1. The second-order valence-corrected chi connectivity index (χ2v) is 4.74. The van der Waals surface area contributed by atoms with Gasteiger partial charge in [0.1, 0.15) is 5.75 Å². The van der Waals surface area contributed by atoms with E-state index in [-0.39, 0.29) is 0 Å². The minimum atomic E-state index is 0.698. The summed E-state index contributed by atoms with van der Waals surface area (Å²) < 4.78 is 5.67. The van der Waals surface area contributed by atoms with Crippen molar-refractivity contribution in [3.8, 4) is 5.75 Å². The SMILES string of the molecule is CC(CCOc1ccccc1)CNC1CC1. The average molecular weight is 219 g/mol. The predicted octanol–water partition coefficient (Wildman–Crippen LogP) is 2.84. The van der Waals surface area contributed by atoms with Crippen LogP contribution in [-0.4, -0.2) is 19.2 Å². The molecule has 2 nitrogen and oxygen atoms in total. The maximum atomic E-state index is 5.67. The van der Waals surface area contributed by atoms with Gasteiger partial charge in [-0.3, -0.25) is 0 Å². The summed E-state index contributed by atoms with van der Waals surface area (Å²) in [4.78, 5) is 0. The number of rotatable bonds is 7. The fourth-order valence-electron chi connectivity index (χ4n) is 1.65. The fourth-order valence-corrected chi connectivity index (χ4v) is 1.65. The molecular weight excluding hydrogens is 198 g/mol. The summed E-state index contributed by atoms with van der Waals surface area (Å²) in [6, 6.07) is 10.9. The molecule has 1 fully saturated rings. The lowest BCUT2D eigenvalue weighted by molar-refractivity contribution is 0.280. The van der Waals surface area contributed by atoms with Crippen LogP contribution in [-0.2, 0) is 0 Å². The van der Waals surface area contributed by atoms with E-state index in [2.05, 4.69) is 12.2 Å². The molecule has 88 valence electrons. The molecule has 1 N–H and O–H groups in total. The van der Waals surface area contributed by atoms with E-state index in [1.165, 1.54) is 12.8 Å². The van der Waals surface area contributed by atoms with Gasteiger partial charge in [0.05, 0.1) is 6.61 Å². The van der Waals surface area contributed by atoms with Crippen molar-refractivity contribution in [1.82, 2.24) is 5.32 Å². The first-order valence-electron chi connectivity index (χ1n) is 6.26. The van der Waals surface area contributed by atoms with Crippen molar-refractivity contribution in [2.24, 2.45) is 5.92 Å². The van der Waals surface area contributed by atoms with Gasteiger partial charge in [0.2, 0.25) is 0 Å². The minimum Gasteiger partial charge on any atom is -0.494 e. The summed E-state index contributed by atoms with van der Waals surface area (Å²) in [7, 11) is 0. The quantitative estimate of drug-likeness (QED) is 0.761. The number of ether oxygens (including phenoxy) is 1. The molecule has 1 atom stereocenters. The van der Waals surface area contributed by atoms with Crippen LogP contribution in [0, 0.1) is 5.92 Å².